The Kier molecular flexibility index (Phi) is 3.76. The van der Waals surface area contributed by atoms with Crippen molar-refractivity contribution in [2.24, 2.45) is 5.16 Å². The van der Waals surface area contributed by atoms with Crippen LogP contribution in [-0.2, 0) is 0 Å². The number of amides is 1. The van der Waals surface area contributed by atoms with E-state index in [-0.39, 0.29) is 11.7 Å². The number of aromatic nitrogens is 1. The standard InChI is InChI=1S/C12H11N3O3S/c1-7(15-18)10-6-19-12(13-10)14-11(17)8-3-2-4-9(16)5-8/h2-6,16,18H,1H3,(H,13,14,17). The van der Waals surface area contributed by atoms with Crippen LogP contribution in [0.25, 0.3) is 0 Å². The summed E-state index contributed by atoms with van der Waals surface area (Å²) in [6.07, 6.45) is 0. The van der Waals surface area contributed by atoms with Crippen molar-refractivity contribution < 1.29 is 15.1 Å². The largest absolute Gasteiger partial charge is 0.508 e. The van der Waals surface area contributed by atoms with Gasteiger partial charge in [0.1, 0.15) is 17.2 Å². The second kappa shape index (κ2) is 5.49. The highest BCUT2D eigenvalue weighted by molar-refractivity contribution is 7.14. The van der Waals surface area contributed by atoms with E-state index in [1.54, 1.807) is 24.4 Å². The first-order valence-electron chi connectivity index (χ1n) is 5.35. The highest BCUT2D eigenvalue weighted by Gasteiger charge is 2.10. The van der Waals surface area contributed by atoms with Gasteiger partial charge in [0.15, 0.2) is 5.13 Å². The van der Waals surface area contributed by atoms with Gasteiger partial charge in [0.25, 0.3) is 5.91 Å². The zero-order chi connectivity index (χ0) is 13.8. The van der Waals surface area contributed by atoms with Crippen LogP contribution in [0.1, 0.15) is 23.0 Å². The number of aromatic hydroxyl groups is 1. The molecule has 2 rings (SSSR count). The molecule has 0 radical (unpaired) electrons. The van der Waals surface area contributed by atoms with E-state index in [1.165, 1.54) is 23.5 Å². The maximum Gasteiger partial charge on any atom is 0.257 e. The average molecular weight is 277 g/mol. The fraction of sp³-hybridized carbons (Fsp3) is 0.0833. The zero-order valence-electron chi connectivity index (χ0n) is 9.99. The van der Waals surface area contributed by atoms with Gasteiger partial charge < -0.3 is 10.3 Å². The van der Waals surface area contributed by atoms with Crippen molar-refractivity contribution in [1.82, 2.24) is 4.98 Å². The molecule has 1 aromatic heterocycles. The molecule has 6 nitrogen and oxygen atoms in total. The fourth-order valence-corrected chi connectivity index (χ4v) is 2.11. The minimum atomic E-state index is -0.365. The molecule has 1 aromatic carbocycles. The van der Waals surface area contributed by atoms with Crippen molar-refractivity contribution in [3.63, 3.8) is 0 Å². The van der Waals surface area contributed by atoms with Crippen molar-refractivity contribution in [1.29, 1.82) is 0 Å². The van der Waals surface area contributed by atoms with Crippen LogP contribution in [0.5, 0.6) is 5.75 Å². The Morgan fingerprint density at radius 2 is 2.26 bits per heavy atom. The first kappa shape index (κ1) is 13.0. The molecule has 0 aliphatic rings. The number of nitrogens with zero attached hydrogens (tertiary/aromatic N) is 2. The van der Waals surface area contributed by atoms with E-state index in [1.807, 2.05) is 0 Å². The van der Waals surface area contributed by atoms with Gasteiger partial charge in [0.05, 0.1) is 0 Å². The summed E-state index contributed by atoms with van der Waals surface area (Å²) in [6.45, 7) is 1.61. The molecule has 0 fully saturated rings. The topological polar surface area (TPSA) is 94.8 Å². The smallest absolute Gasteiger partial charge is 0.257 e. The Bertz CT molecular complexity index is 637. The summed E-state index contributed by atoms with van der Waals surface area (Å²) in [4.78, 5) is 16.0. The van der Waals surface area contributed by atoms with Gasteiger partial charge in [0, 0.05) is 10.9 Å². The van der Waals surface area contributed by atoms with Crippen molar-refractivity contribution in [3.05, 3.63) is 40.9 Å². The molecular formula is C12H11N3O3S. The first-order chi connectivity index (χ1) is 9.10. The quantitative estimate of drug-likeness (QED) is 0.456. The molecule has 98 valence electrons. The van der Waals surface area contributed by atoms with E-state index >= 15 is 0 Å². The van der Waals surface area contributed by atoms with Crippen LogP contribution in [0.4, 0.5) is 5.13 Å². The lowest BCUT2D eigenvalue weighted by molar-refractivity contribution is 0.102. The molecular weight excluding hydrogens is 266 g/mol. The van der Waals surface area contributed by atoms with Gasteiger partial charge in [-0.25, -0.2) is 4.98 Å². The van der Waals surface area contributed by atoms with Gasteiger partial charge in [-0.2, -0.15) is 0 Å². The number of hydrogen-bond donors (Lipinski definition) is 3. The lowest BCUT2D eigenvalue weighted by atomic mass is 10.2. The molecule has 3 N–H and O–H groups in total. The number of thiazole rings is 1. The molecule has 19 heavy (non-hydrogen) atoms. The maximum atomic E-state index is 11.9. The maximum absolute atomic E-state index is 11.9. The van der Waals surface area contributed by atoms with E-state index in [2.05, 4.69) is 15.5 Å². The Morgan fingerprint density at radius 1 is 1.47 bits per heavy atom. The number of phenols is 1. The third-order valence-corrected chi connectivity index (χ3v) is 3.11. The summed E-state index contributed by atoms with van der Waals surface area (Å²) >= 11 is 1.22. The predicted octanol–water partition coefficient (Wildman–Crippen LogP) is 2.30. The molecule has 1 amide bonds. The highest BCUT2D eigenvalue weighted by Crippen LogP contribution is 2.18. The summed E-state index contributed by atoms with van der Waals surface area (Å²) in [7, 11) is 0. The van der Waals surface area contributed by atoms with E-state index < -0.39 is 0 Å². The lowest BCUT2D eigenvalue weighted by Crippen LogP contribution is -2.11. The molecule has 0 unspecified atom stereocenters. The van der Waals surface area contributed by atoms with Crippen molar-refractivity contribution >= 4 is 28.1 Å². The number of benzene rings is 1. The van der Waals surface area contributed by atoms with E-state index in [4.69, 9.17) is 5.21 Å². The number of anilines is 1. The average Bonchev–Trinajstić information content (AvgIpc) is 2.86. The van der Waals surface area contributed by atoms with Crippen LogP contribution in [0.3, 0.4) is 0 Å². The number of hydrogen-bond acceptors (Lipinski definition) is 6. The second-order valence-electron chi connectivity index (χ2n) is 3.73. The number of oxime groups is 1. The third kappa shape index (κ3) is 3.08. The highest BCUT2D eigenvalue weighted by atomic mass is 32.1. The lowest BCUT2D eigenvalue weighted by Gasteiger charge is -2.01. The summed E-state index contributed by atoms with van der Waals surface area (Å²) in [5, 5.41) is 25.6. The normalized spacial score (nSPS) is 11.3. The monoisotopic (exact) mass is 277 g/mol. The van der Waals surface area contributed by atoms with Crippen LogP contribution in [0.2, 0.25) is 0 Å². The molecule has 7 heteroatoms. The van der Waals surface area contributed by atoms with E-state index in [0.29, 0.717) is 22.1 Å². The zero-order valence-corrected chi connectivity index (χ0v) is 10.8. The predicted molar refractivity (Wildman–Crippen MR) is 72.2 cm³/mol. The van der Waals surface area contributed by atoms with Gasteiger partial charge >= 0.3 is 0 Å². The Balaban J connectivity index is 2.13. The van der Waals surface area contributed by atoms with Gasteiger partial charge in [-0.3, -0.25) is 10.1 Å². The number of phenolic OH excluding ortho intramolecular Hbond substituents is 1. The van der Waals surface area contributed by atoms with Crippen molar-refractivity contribution in [2.75, 3.05) is 5.32 Å². The van der Waals surface area contributed by atoms with Crippen molar-refractivity contribution in [3.8, 4) is 5.75 Å². The Hall–Kier alpha value is -2.41. The number of nitrogens with one attached hydrogen (secondary N) is 1. The minimum absolute atomic E-state index is 0.0238. The Labute approximate surface area is 113 Å². The van der Waals surface area contributed by atoms with Crippen LogP contribution in [0, 0.1) is 0 Å². The summed E-state index contributed by atoms with van der Waals surface area (Å²) in [5.74, 6) is -0.342. The van der Waals surface area contributed by atoms with Crippen LogP contribution >= 0.6 is 11.3 Å². The fourth-order valence-electron chi connectivity index (χ4n) is 1.36. The Morgan fingerprint density at radius 3 is 2.95 bits per heavy atom. The molecule has 0 saturated heterocycles. The molecule has 0 spiro atoms. The molecule has 1 heterocycles. The summed E-state index contributed by atoms with van der Waals surface area (Å²) < 4.78 is 0. The minimum Gasteiger partial charge on any atom is -0.508 e. The van der Waals surface area contributed by atoms with Gasteiger partial charge in [-0.05, 0) is 25.1 Å². The molecule has 0 aliphatic heterocycles. The second-order valence-corrected chi connectivity index (χ2v) is 4.59. The number of carbonyl (C=O) groups is 1. The van der Waals surface area contributed by atoms with Crippen LogP contribution in [-0.4, -0.2) is 26.9 Å². The van der Waals surface area contributed by atoms with Gasteiger partial charge in [-0.15, -0.1) is 11.3 Å². The van der Waals surface area contributed by atoms with Gasteiger partial charge in [0.2, 0.25) is 0 Å². The van der Waals surface area contributed by atoms with Crippen LogP contribution < -0.4 is 5.32 Å². The van der Waals surface area contributed by atoms with E-state index in [0.717, 1.165) is 0 Å². The molecule has 2 aromatic rings. The molecule has 0 bridgehead atoms. The number of rotatable bonds is 3. The number of carbonyl (C=O) groups excluding carboxylic acids is 1. The van der Waals surface area contributed by atoms with Gasteiger partial charge in [-0.1, -0.05) is 11.2 Å². The van der Waals surface area contributed by atoms with Crippen LogP contribution in [0.15, 0.2) is 34.8 Å². The summed E-state index contributed by atoms with van der Waals surface area (Å²) in [5.41, 5.74) is 1.21. The molecule has 0 atom stereocenters. The SMILES string of the molecule is CC(=NO)c1csc(NC(=O)c2cccc(O)c2)n1. The molecule has 0 aliphatic carbocycles. The molecule has 0 saturated carbocycles. The van der Waals surface area contributed by atoms with Crippen molar-refractivity contribution in [2.45, 2.75) is 6.92 Å². The third-order valence-electron chi connectivity index (χ3n) is 2.35. The summed E-state index contributed by atoms with van der Waals surface area (Å²) in [6, 6.07) is 6.02. The first-order valence-corrected chi connectivity index (χ1v) is 6.23. The van der Waals surface area contributed by atoms with E-state index in [9.17, 15) is 9.90 Å².